The molecule has 2 atom stereocenters. The third kappa shape index (κ3) is 6.19. The topological polar surface area (TPSA) is 41.1 Å². The van der Waals surface area contributed by atoms with E-state index in [1.165, 1.54) is 12.1 Å². The molecule has 0 aromatic heterocycles. The van der Waals surface area contributed by atoms with Gasteiger partial charge in [-0.05, 0) is 49.5 Å². The lowest BCUT2D eigenvalue weighted by atomic mass is 10.1. The Bertz CT molecular complexity index is 742. The molecule has 1 aliphatic rings. The predicted molar refractivity (Wildman–Crippen MR) is 107 cm³/mol. The first-order valence-corrected chi connectivity index (χ1v) is 9.66. The molecule has 146 valence electrons. The molecule has 1 amide bonds. The SMILES string of the molecule is Cl.O=C(NCCC1CCNC1)C(Sc1ccc(F)cc1F)c1ccccc1. The van der Waals surface area contributed by atoms with Gasteiger partial charge in [0.05, 0.1) is 0 Å². The molecule has 3 nitrogen and oxygen atoms in total. The van der Waals surface area contributed by atoms with Crippen LogP contribution in [0.1, 0.15) is 23.7 Å². The minimum absolute atomic E-state index is 0. The molecule has 1 aliphatic heterocycles. The first kappa shape index (κ1) is 21.7. The molecule has 7 heteroatoms. The van der Waals surface area contributed by atoms with Crippen LogP contribution in [0.25, 0.3) is 0 Å². The van der Waals surface area contributed by atoms with Crippen LogP contribution < -0.4 is 10.6 Å². The summed E-state index contributed by atoms with van der Waals surface area (Å²) < 4.78 is 27.2. The number of hydrogen-bond donors (Lipinski definition) is 2. The third-order valence-electron chi connectivity index (χ3n) is 4.49. The van der Waals surface area contributed by atoms with Crippen LogP contribution in [0.5, 0.6) is 0 Å². The number of benzene rings is 2. The molecular formula is C20H23ClF2N2OS. The van der Waals surface area contributed by atoms with Crippen molar-refractivity contribution in [3.05, 3.63) is 65.7 Å². The largest absolute Gasteiger partial charge is 0.355 e. The number of rotatable bonds is 7. The van der Waals surface area contributed by atoms with Gasteiger partial charge in [-0.15, -0.1) is 24.2 Å². The fourth-order valence-corrected chi connectivity index (χ4v) is 4.11. The molecule has 2 aromatic rings. The molecule has 1 saturated heterocycles. The van der Waals surface area contributed by atoms with Crippen LogP contribution in [0.3, 0.4) is 0 Å². The van der Waals surface area contributed by atoms with Crippen molar-refractivity contribution in [2.24, 2.45) is 5.92 Å². The fraction of sp³-hybridized carbons (Fsp3) is 0.350. The van der Waals surface area contributed by atoms with Crippen LogP contribution in [-0.2, 0) is 4.79 Å². The zero-order chi connectivity index (χ0) is 18.4. The van der Waals surface area contributed by atoms with E-state index in [2.05, 4.69) is 10.6 Å². The second-order valence-corrected chi connectivity index (χ2v) is 7.57. The molecule has 0 radical (unpaired) electrons. The van der Waals surface area contributed by atoms with Crippen LogP contribution >= 0.6 is 24.2 Å². The van der Waals surface area contributed by atoms with E-state index in [1.807, 2.05) is 30.3 Å². The van der Waals surface area contributed by atoms with Gasteiger partial charge in [0.1, 0.15) is 16.9 Å². The maximum absolute atomic E-state index is 14.0. The van der Waals surface area contributed by atoms with E-state index in [-0.39, 0.29) is 23.2 Å². The zero-order valence-electron chi connectivity index (χ0n) is 14.8. The Morgan fingerprint density at radius 2 is 2.00 bits per heavy atom. The molecule has 0 aliphatic carbocycles. The van der Waals surface area contributed by atoms with Crippen molar-refractivity contribution in [2.45, 2.75) is 23.0 Å². The number of amides is 1. The van der Waals surface area contributed by atoms with Gasteiger partial charge in [0.25, 0.3) is 0 Å². The van der Waals surface area contributed by atoms with Gasteiger partial charge in [0, 0.05) is 17.5 Å². The highest BCUT2D eigenvalue weighted by Crippen LogP contribution is 2.37. The van der Waals surface area contributed by atoms with E-state index in [0.717, 1.165) is 49.3 Å². The molecule has 27 heavy (non-hydrogen) atoms. The second kappa shape index (κ2) is 10.6. The summed E-state index contributed by atoms with van der Waals surface area (Å²) in [6, 6.07) is 12.7. The van der Waals surface area contributed by atoms with Crippen molar-refractivity contribution in [3.8, 4) is 0 Å². The average molecular weight is 413 g/mol. The average Bonchev–Trinajstić information content (AvgIpc) is 3.15. The van der Waals surface area contributed by atoms with Gasteiger partial charge in [-0.3, -0.25) is 4.79 Å². The first-order chi connectivity index (χ1) is 12.6. The summed E-state index contributed by atoms with van der Waals surface area (Å²) in [7, 11) is 0. The van der Waals surface area contributed by atoms with E-state index >= 15 is 0 Å². The van der Waals surface area contributed by atoms with Crippen LogP contribution in [0.2, 0.25) is 0 Å². The Kier molecular flexibility index (Phi) is 8.54. The van der Waals surface area contributed by atoms with Crippen LogP contribution in [-0.4, -0.2) is 25.5 Å². The molecule has 2 unspecified atom stereocenters. The maximum Gasteiger partial charge on any atom is 0.237 e. The quantitative estimate of drug-likeness (QED) is 0.665. The van der Waals surface area contributed by atoms with Gasteiger partial charge in [0.15, 0.2) is 0 Å². The Hall–Kier alpha value is -1.63. The first-order valence-electron chi connectivity index (χ1n) is 8.78. The number of hydrogen-bond acceptors (Lipinski definition) is 3. The molecule has 0 saturated carbocycles. The van der Waals surface area contributed by atoms with Gasteiger partial charge >= 0.3 is 0 Å². The molecule has 3 rings (SSSR count). The summed E-state index contributed by atoms with van der Waals surface area (Å²) in [5.41, 5.74) is 0.793. The summed E-state index contributed by atoms with van der Waals surface area (Å²) in [4.78, 5) is 13.0. The Morgan fingerprint density at radius 3 is 2.67 bits per heavy atom. The van der Waals surface area contributed by atoms with Crippen molar-refractivity contribution in [1.29, 1.82) is 0 Å². The van der Waals surface area contributed by atoms with E-state index in [1.54, 1.807) is 0 Å². The van der Waals surface area contributed by atoms with E-state index in [9.17, 15) is 13.6 Å². The standard InChI is InChI=1S/C20H22F2N2OS.ClH/c21-16-6-7-18(17(22)12-16)26-19(15-4-2-1-3-5-15)20(25)24-11-9-14-8-10-23-13-14;/h1-7,12,14,19,23H,8-11,13H2,(H,24,25);1H. The van der Waals surface area contributed by atoms with E-state index in [4.69, 9.17) is 0 Å². The van der Waals surface area contributed by atoms with E-state index in [0.29, 0.717) is 12.5 Å². The van der Waals surface area contributed by atoms with Crippen LogP contribution in [0, 0.1) is 17.6 Å². The molecule has 2 aromatic carbocycles. The lowest BCUT2D eigenvalue weighted by Gasteiger charge is -2.18. The lowest BCUT2D eigenvalue weighted by molar-refractivity contribution is -0.120. The highest BCUT2D eigenvalue weighted by Gasteiger charge is 2.24. The van der Waals surface area contributed by atoms with Crippen LogP contribution in [0.4, 0.5) is 8.78 Å². The molecule has 1 fully saturated rings. The monoisotopic (exact) mass is 412 g/mol. The highest BCUT2D eigenvalue weighted by molar-refractivity contribution is 8.00. The number of halogens is 3. The Labute approximate surface area is 168 Å². The number of thioether (sulfide) groups is 1. The maximum atomic E-state index is 14.0. The van der Waals surface area contributed by atoms with E-state index < -0.39 is 16.9 Å². The summed E-state index contributed by atoms with van der Waals surface area (Å²) in [6.07, 6.45) is 2.06. The fourth-order valence-electron chi connectivity index (χ4n) is 3.05. The van der Waals surface area contributed by atoms with Crippen molar-refractivity contribution in [1.82, 2.24) is 10.6 Å². The number of carbonyl (C=O) groups is 1. The van der Waals surface area contributed by atoms with Gasteiger partial charge in [-0.25, -0.2) is 8.78 Å². The molecule has 2 N–H and O–H groups in total. The predicted octanol–water partition coefficient (Wildman–Crippen LogP) is 4.34. The summed E-state index contributed by atoms with van der Waals surface area (Å²) in [6.45, 7) is 2.62. The number of carbonyl (C=O) groups excluding carboxylic acids is 1. The summed E-state index contributed by atoms with van der Waals surface area (Å²) >= 11 is 1.10. The number of nitrogens with one attached hydrogen (secondary N) is 2. The third-order valence-corrected chi connectivity index (χ3v) is 5.80. The van der Waals surface area contributed by atoms with Crippen molar-refractivity contribution in [3.63, 3.8) is 0 Å². The minimum Gasteiger partial charge on any atom is -0.355 e. The van der Waals surface area contributed by atoms with Gasteiger partial charge in [0.2, 0.25) is 5.91 Å². The van der Waals surface area contributed by atoms with Gasteiger partial charge < -0.3 is 10.6 Å². The van der Waals surface area contributed by atoms with Crippen molar-refractivity contribution in [2.75, 3.05) is 19.6 Å². The molecule has 0 bridgehead atoms. The lowest BCUT2D eigenvalue weighted by Crippen LogP contribution is -2.30. The Morgan fingerprint density at radius 1 is 1.22 bits per heavy atom. The summed E-state index contributed by atoms with van der Waals surface area (Å²) in [5.74, 6) is -0.845. The molecule has 0 spiro atoms. The molecular weight excluding hydrogens is 390 g/mol. The Balaban J connectivity index is 0.00000261. The normalized spacial score (nSPS) is 17.2. The van der Waals surface area contributed by atoms with Crippen molar-refractivity contribution >= 4 is 30.1 Å². The minimum atomic E-state index is -0.652. The smallest absolute Gasteiger partial charge is 0.237 e. The van der Waals surface area contributed by atoms with Crippen molar-refractivity contribution < 1.29 is 13.6 Å². The second-order valence-electron chi connectivity index (χ2n) is 6.42. The van der Waals surface area contributed by atoms with Gasteiger partial charge in [-0.2, -0.15) is 0 Å². The summed E-state index contributed by atoms with van der Waals surface area (Å²) in [5, 5.41) is 5.70. The zero-order valence-corrected chi connectivity index (χ0v) is 16.4. The van der Waals surface area contributed by atoms with Gasteiger partial charge in [-0.1, -0.05) is 30.3 Å². The molecule has 1 heterocycles. The highest BCUT2D eigenvalue weighted by atomic mass is 35.5. The van der Waals surface area contributed by atoms with Crippen LogP contribution in [0.15, 0.2) is 53.4 Å².